The van der Waals surface area contributed by atoms with Crippen molar-refractivity contribution in [3.63, 3.8) is 0 Å². The van der Waals surface area contributed by atoms with E-state index in [1.54, 1.807) is 7.11 Å². The fourth-order valence-electron chi connectivity index (χ4n) is 2.78. The van der Waals surface area contributed by atoms with Gasteiger partial charge in [-0.1, -0.05) is 30.0 Å². The predicted molar refractivity (Wildman–Crippen MR) is 84.9 cm³/mol. The summed E-state index contributed by atoms with van der Waals surface area (Å²) in [4.78, 5) is 2.50. The van der Waals surface area contributed by atoms with Gasteiger partial charge >= 0.3 is 0 Å². The summed E-state index contributed by atoms with van der Waals surface area (Å²) in [6.45, 7) is 4.24. The molecule has 0 unspecified atom stereocenters. The van der Waals surface area contributed by atoms with E-state index < -0.39 is 0 Å². The van der Waals surface area contributed by atoms with Gasteiger partial charge in [0.2, 0.25) is 0 Å². The number of likely N-dealkylation sites (tertiary alicyclic amines) is 1. The molecule has 0 aromatic heterocycles. The van der Waals surface area contributed by atoms with Gasteiger partial charge in [0.25, 0.3) is 0 Å². The summed E-state index contributed by atoms with van der Waals surface area (Å²) in [5.74, 6) is 6.91. The molecule has 1 heterocycles. The highest BCUT2D eigenvalue weighted by molar-refractivity contribution is 5.41. The number of ether oxygens (including phenoxy) is 1. The standard InChI is InChI=1S/C18H25NO2/c1-21-15-16-9-11-19(12-10-16)14-18-8-3-2-6-17(18)7-4-5-13-20/h2-3,6,8,16,20H,5,9-15H2,1H3. The van der Waals surface area contributed by atoms with Crippen LogP contribution in [0.15, 0.2) is 24.3 Å². The lowest BCUT2D eigenvalue weighted by atomic mass is 9.97. The molecular formula is C18H25NO2. The van der Waals surface area contributed by atoms with Crippen molar-refractivity contribution >= 4 is 0 Å². The van der Waals surface area contributed by atoms with Crippen molar-refractivity contribution in [1.29, 1.82) is 0 Å². The van der Waals surface area contributed by atoms with Crippen LogP contribution in [-0.2, 0) is 11.3 Å². The molecule has 0 aliphatic carbocycles. The maximum atomic E-state index is 8.82. The number of hydrogen-bond donors (Lipinski definition) is 1. The Bertz CT molecular complexity index is 481. The number of aliphatic hydroxyl groups excluding tert-OH is 1. The van der Waals surface area contributed by atoms with Gasteiger partial charge in [0.05, 0.1) is 6.61 Å². The summed E-state index contributed by atoms with van der Waals surface area (Å²) in [5, 5.41) is 8.82. The second kappa shape index (κ2) is 8.84. The second-order valence-electron chi connectivity index (χ2n) is 5.61. The van der Waals surface area contributed by atoms with Gasteiger partial charge in [0.15, 0.2) is 0 Å². The topological polar surface area (TPSA) is 32.7 Å². The molecule has 2 rings (SSSR count). The summed E-state index contributed by atoms with van der Waals surface area (Å²) < 4.78 is 5.25. The normalized spacial score (nSPS) is 16.5. The van der Waals surface area contributed by atoms with Crippen molar-refractivity contribution < 1.29 is 9.84 Å². The molecule has 1 aliphatic rings. The fourth-order valence-corrected chi connectivity index (χ4v) is 2.78. The second-order valence-corrected chi connectivity index (χ2v) is 5.61. The highest BCUT2D eigenvalue weighted by Gasteiger charge is 2.19. The molecule has 0 atom stereocenters. The Balaban J connectivity index is 1.93. The molecule has 1 saturated heterocycles. The average molecular weight is 287 g/mol. The first-order valence-corrected chi connectivity index (χ1v) is 7.72. The van der Waals surface area contributed by atoms with Crippen molar-refractivity contribution in [3.05, 3.63) is 35.4 Å². The zero-order valence-electron chi connectivity index (χ0n) is 12.8. The van der Waals surface area contributed by atoms with Crippen molar-refractivity contribution in [2.24, 2.45) is 5.92 Å². The molecule has 114 valence electrons. The van der Waals surface area contributed by atoms with E-state index in [1.165, 1.54) is 18.4 Å². The molecule has 0 amide bonds. The third-order valence-electron chi connectivity index (χ3n) is 3.98. The van der Waals surface area contributed by atoms with Crippen LogP contribution in [0.3, 0.4) is 0 Å². The monoisotopic (exact) mass is 287 g/mol. The number of piperidine rings is 1. The molecular weight excluding hydrogens is 262 g/mol. The number of methoxy groups -OCH3 is 1. The van der Waals surface area contributed by atoms with Crippen LogP contribution in [0.1, 0.15) is 30.4 Å². The third-order valence-corrected chi connectivity index (χ3v) is 3.98. The van der Waals surface area contributed by atoms with Gasteiger partial charge in [0, 0.05) is 32.2 Å². The first kappa shape index (κ1) is 16.0. The molecule has 3 nitrogen and oxygen atoms in total. The van der Waals surface area contributed by atoms with Gasteiger partial charge < -0.3 is 9.84 Å². The Hall–Kier alpha value is -1.34. The number of aliphatic hydroxyl groups is 1. The van der Waals surface area contributed by atoms with Crippen molar-refractivity contribution in [1.82, 2.24) is 4.90 Å². The minimum Gasteiger partial charge on any atom is -0.395 e. The SMILES string of the molecule is COCC1CCN(Cc2ccccc2C#CCCO)CC1. The molecule has 21 heavy (non-hydrogen) atoms. The largest absolute Gasteiger partial charge is 0.395 e. The molecule has 0 bridgehead atoms. The summed E-state index contributed by atoms with van der Waals surface area (Å²) in [7, 11) is 1.79. The maximum absolute atomic E-state index is 8.82. The zero-order chi connectivity index (χ0) is 14.9. The lowest BCUT2D eigenvalue weighted by Gasteiger charge is -2.31. The van der Waals surface area contributed by atoms with E-state index in [9.17, 15) is 0 Å². The van der Waals surface area contributed by atoms with Crippen LogP contribution in [0.25, 0.3) is 0 Å². The van der Waals surface area contributed by atoms with Gasteiger partial charge in [-0.15, -0.1) is 0 Å². The van der Waals surface area contributed by atoms with Crippen molar-refractivity contribution in [3.8, 4) is 11.8 Å². The van der Waals surface area contributed by atoms with E-state index in [-0.39, 0.29) is 6.61 Å². The summed E-state index contributed by atoms with van der Waals surface area (Å²) in [6, 6.07) is 8.32. The molecule has 3 heteroatoms. The van der Waals surface area contributed by atoms with E-state index in [2.05, 4.69) is 34.9 Å². The number of nitrogens with zero attached hydrogens (tertiary/aromatic N) is 1. The fraction of sp³-hybridized carbons (Fsp3) is 0.556. The van der Waals surface area contributed by atoms with Crippen LogP contribution in [0.5, 0.6) is 0 Å². The van der Waals surface area contributed by atoms with E-state index in [0.29, 0.717) is 12.3 Å². The highest BCUT2D eigenvalue weighted by atomic mass is 16.5. The lowest BCUT2D eigenvalue weighted by molar-refractivity contribution is 0.0968. The first-order chi connectivity index (χ1) is 10.3. The molecule has 1 N–H and O–H groups in total. The average Bonchev–Trinajstić information content (AvgIpc) is 2.51. The maximum Gasteiger partial charge on any atom is 0.0540 e. The highest BCUT2D eigenvalue weighted by Crippen LogP contribution is 2.20. The lowest BCUT2D eigenvalue weighted by Crippen LogP contribution is -2.34. The van der Waals surface area contributed by atoms with Crippen LogP contribution >= 0.6 is 0 Å². The van der Waals surface area contributed by atoms with Crippen LogP contribution in [0.2, 0.25) is 0 Å². The Morgan fingerprint density at radius 3 is 2.76 bits per heavy atom. The first-order valence-electron chi connectivity index (χ1n) is 7.72. The minimum atomic E-state index is 0.127. The third kappa shape index (κ3) is 5.17. The van der Waals surface area contributed by atoms with Crippen molar-refractivity contribution in [2.45, 2.75) is 25.8 Å². The van der Waals surface area contributed by atoms with E-state index in [1.807, 2.05) is 6.07 Å². The van der Waals surface area contributed by atoms with Gasteiger partial charge in [-0.3, -0.25) is 4.90 Å². The van der Waals surface area contributed by atoms with Crippen LogP contribution in [0.4, 0.5) is 0 Å². The number of benzene rings is 1. The molecule has 1 aromatic rings. The Labute approximate surface area is 127 Å². The Morgan fingerprint density at radius 2 is 2.05 bits per heavy atom. The number of hydrogen-bond acceptors (Lipinski definition) is 3. The predicted octanol–water partition coefficient (Wildman–Crippen LogP) is 2.28. The van der Waals surface area contributed by atoms with E-state index in [4.69, 9.17) is 9.84 Å². The number of rotatable bonds is 5. The molecule has 0 radical (unpaired) electrons. The van der Waals surface area contributed by atoms with Gasteiger partial charge in [-0.05, 0) is 43.5 Å². The molecule has 1 aromatic carbocycles. The van der Waals surface area contributed by atoms with E-state index >= 15 is 0 Å². The van der Waals surface area contributed by atoms with Crippen LogP contribution in [0, 0.1) is 17.8 Å². The summed E-state index contributed by atoms with van der Waals surface area (Å²) in [5.41, 5.74) is 2.37. The minimum absolute atomic E-state index is 0.127. The van der Waals surface area contributed by atoms with Crippen molar-refractivity contribution in [2.75, 3.05) is 33.4 Å². The Kier molecular flexibility index (Phi) is 6.75. The Morgan fingerprint density at radius 1 is 1.29 bits per heavy atom. The van der Waals surface area contributed by atoms with Gasteiger partial charge in [0.1, 0.15) is 0 Å². The quantitative estimate of drug-likeness (QED) is 0.843. The molecule has 0 spiro atoms. The van der Waals surface area contributed by atoms with Gasteiger partial charge in [-0.2, -0.15) is 0 Å². The van der Waals surface area contributed by atoms with Crippen LogP contribution in [-0.4, -0.2) is 43.4 Å². The smallest absolute Gasteiger partial charge is 0.0540 e. The van der Waals surface area contributed by atoms with Gasteiger partial charge in [-0.25, -0.2) is 0 Å². The zero-order valence-corrected chi connectivity index (χ0v) is 12.8. The molecule has 1 aliphatic heterocycles. The molecule has 1 fully saturated rings. The summed E-state index contributed by atoms with van der Waals surface area (Å²) in [6.07, 6.45) is 2.97. The van der Waals surface area contributed by atoms with Crippen LogP contribution < -0.4 is 0 Å². The summed E-state index contributed by atoms with van der Waals surface area (Å²) >= 11 is 0. The van der Waals surface area contributed by atoms with E-state index in [0.717, 1.165) is 31.8 Å². The molecule has 0 saturated carbocycles.